The first kappa shape index (κ1) is 19.9. The number of ether oxygens (including phenoxy) is 1. The van der Waals surface area contributed by atoms with E-state index in [0.29, 0.717) is 17.4 Å². The predicted octanol–water partition coefficient (Wildman–Crippen LogP) is 3.85. The van der Waals surface area contributed by atoms with E-state index in [2.05, 4.69) is 25.6 Å². The highest BCUT2D eigenvalue weighted by atomic mass is 32.1. The van der Waals surface area contributed by atoms with Crippen LogP contribution in [0.4, 0.5) is 15.7 Å². The first-order valence-electron chi connectivity index (χ1n) is 9.47. The molecular formula is C21H22N6O2S. The summed E-state index contributed by atoms with van der Waals surface area (Å²) in [6.45, 7) is 0.126. The smallest absolute Gasteiger partial charge is 0.412 e. The Morgan fingerprint density at radius 2 is 2.13 bits per heavy atom. The molecule has 30 heavy (non-hydrogen) atoms. The number of para-hydroxylation sites is 1. The zero-order valence-electron chi connectivity index (χ0n) is 16.4. The van der Waals surface area contributed by atoms with Crippen LogP contribution in [-0.2, 0) is 11.2 Å². The Balaban J connectivity index is 1.30. The minimum Gasteiger partial charge on any atom is -0.448 e. The lowest BCUT2D eigenvalue weighted by atomic mass is 10.1. The number of aromatic nitrogens is 3. The Labute approximate surface area is 177 Å². The Hall–Kier alpha value is -3.43. The van der Waals surface area contributed by atoms with Crippen LogP contribution in [0.1, 0.15) is 5.56 Å². The van der Waals surface area contributed by atoms with Crippen molar-refractivity contribution in [2.45, 2.75) is 12.5 Å². The van der Waals surface area contributed by atoms with Gasteiger partial charge < -0.3 is 20.8 Å². The molecule has 8 nitrogen and oxygen atoms in total. The van der Waals surface area contributed by atoms with Gasteiger partial charge in [0.1, 0.15) is 6.61 Å². The highest BCUT2D eigenvalue weighted by molar-refractivity contribution is 7.19. The lowest BCUT2D eigenvalue weighted by Gasteiger charge is -2.12. The first-order chi connectivity index (χ1) is 14.6. The Morgan fingerprint density at radius 1 is 1.27 bits per heavy atom. The third-order valence-corrected chi connectivity index (χ3v) is 5.57. The molecule has 3 heterocycles. The summed E-state index contributed by atoms with van der Waals surface area (Å²) in [6, 6.07) is 13.3. The molecule has 9 heteroatoms. The van der Waals surface area contributed by atoms with Gasteiger partial charge in [0.25, 0.3) is 0 Å². The molecule has 0 spiro atoms. The second kappa shape index (κ2) is 8.93. The molecule has 1 atom stereocenters. The molecule has 0 radical (unpaired) electrons. The number of amides is 1. The number of nitrogens with two attached hydrogens (primary N) is 1. The molecule has 0 aliphatic heterocycles. The van der Waals surface area contributed by atoms with E-state index in [9.17, 15) is 4.79 Å². The number of nitrogens with zero attached hydrogens (tertiary/aromatic N) is 2. The van der Waals surface area contributed by atoms with Crippen LogP contribution in [0.5, 0.6) is 0 Å². The van der Waals surface area contributed by atoms with E-state index in [-0.39, 0.29) is 12.6 Å². The van der Waals surface area contributed by atoms with Gasteiger partial charge in [0.05, 0.1) is 15.6 Å². The topological polar surface area (TPSA) is 118 Å². The zero-order valence-corrected chi connectivity index (χ0v) is 17.2. The van der Waals surface area contributed by atoms with Gasteiger partial charge in [-0.05, 0) is 36.2 Å². The van der Waals surface area contributed by atoms with Crippen molar-refractivity contribution in [2.75, 3.05) is 24.3 Å². The Bertz CT molecular complexity index is 1160. The quantitative estimate of drug-likeness (QED) is 0.359. The van der Waals surface area contributed by atoms with Gasteiger partial charge in [0.15, 0.2) is 0 Å². The zero-order chi connectivity index (χ0) is 20.9. The third kappa shape index (κ3) is 4.58. The van der Waals surface area contributed by atoms with Gasteiger partial charge in [-0.2, -0.15) is 0 Å². The standard InChI is InChI=1S/C21H22N6O2S/c1-23-20-24-9-8-17(26-20)18-6-7-19(30-18)27-21(28)29-12-14(22)10-13-11-25-16-5-3-2-4-15(13)16/h2-9,11,14,25H,10,12,22H2,1H3,(H,27,28)(H,23,24,26). The number of H-pyrrole nitrogens is 1. The molecule has 4 aromatic rings. The van der Waals surface area contributed by atoms with Crippen LogP contribution >= 0.6 is 11.3 Å². The minimum atomic E-state index is -0.531. The second-order valence-electron chi connectivity index (χ2n) is 6.73. The normalized spacial score (nSPS) is 11.9. The molecule has 1 aromatic carbocycles. The molecular weight excluding hydrogens is 400 g/mol. The predicted molar refractivity (Wildman–Crippen MR) is 120 cm³/mol. The average Bonchev–Trinajstić information content (AvgIpc) is 3.40. The molecule has 0 fully saturated rings. The van der Waals surface area contributed by atoms with Gasteiger partial charge in [-0.3, -0.25) is 5.32 Å². The van der Waals surface area contributed by atoms with Crippen LogP contribution in [0.15, 0.2) is 54.9 Å². The summed E-state index contributed by atoms with van der Waals surface area (Å²) in [7, 11) is 1.76. The van der Waals surface area contributed by atoms with Gasteiger partial charge >= 0.3 is 6.09 Å². The van der Waals surface area contributed by atoms with Gasteiger partial charge in [-0.25, -0.2) is 14.8 Å². The summed E-state index contributed by atoms with van der Waals surface area (Å²) < 4.78 is 5.31. The molecule has 0 saturated heterocycles. The molecule has 0 bridgehead atoms. The molecule has 154 valence electrons. The number of carbonyl (C=O) groups is 1. The van der Waals surface area contributed by atoms with Crippen molar-refractivity contribution in [2.24, 2.45) is 5.73 Å². The van der Waals surface area contributed by atoms with Crippen molar-refractivity contribution in [3.63, 3.8) is 0 Å². The molecule has 1 amide bonds. The average molecular weight is 423 g/mol. The number of carbonyl (C=O) groups excluding carboxylic acids is 1. The van der Waals surface area contributed by atoms with E-state index in [4.69, 9.17) is 10.5 Å². The van der Waals surface area contributed by atoms with Crippen molar-refractivity contribution in [3.8, 4) is 10.6 Å². The number of hydrogen-bond acceptors (Lipinski definition) is 7. The molecule has 1 unspecified atom stereocenters. The highest BCUT2D eigenvalue weighted by Crippen LogP contribution is 2.30. The molecule has 4 rings (SSSR count). The molecule has 3 aromatic heterocycles. The van der Waals surface area contributed by atoms with E-state index >= 15 is 0 Å². The fourth-order valence-electron chi connectivity index (χ4n) is 3.12. The molecule has 0 saturated carbocycles. The number of aromatic amines is 1. The largest absolute Gasteiger partial charge is 0.448 e. The molecule has 0 aliphatic carbocycles. The first-order valence-corrected chi connectivity index (χ1v) is 10.3. The molecule has 0 aliphatic rings. The van der Waals surface area contributed by atoms with Gasteiger partial charge in [0, 0.05) is 36.4 Å². The van der Waals surface area contributed by atoms with Crippen molar-refractivity contribution in [1.82, 2.24) is 15.0 Å². The summed E-state index contributed by atoms with van der Waals surface area (Å²) in [5.74, 6) is 0.541. The van der Waals surface area contributed by atoms with Crippen molar-refractivity contribution < 1.29 is 9.53 Å². The maximum absolute atomic E-state index is 12.2. The van der Waals surface area contributed by atoms with Gasteiger partial charge in [-0.15, -0.1) is 11.3 Å². The van der Waals surface area contributed by atoms with Crippen LogP contribution in [0, 0.1) is 0 Å². The van der Waals surface area contributed by atoms with E-state index in [0.717, 1.165) is 27.0 Å². The monoisotopic (exact) mass is 422 g/mol. The van der Waals surface area contributed by atoms with E-state index in [1.54, 1.807) is 13.2 Å². The number of hydrogen-bond donors (Lipinski definition) is 4. The summed E-state index contributed by atoms with van der Waals surface area (Å²) in [6.07, 6.45) is 3.72. The van der Waals surface area contributed by atoms with Crippen molar-refractivity contribution >= 4 is 39.3 Å². The van der Waals surface area contributed by atoms with Crippen LogP contribution in [0.3, 0.4) is 0 Å². The SMILES string of the molecule is CNc1nccc(-c2ccc(NC(=O)OCC(N)Cc3c[nH]c4ccccc34)s2)n1. The van der Waals surface area contributed by atoms with Crippen molar-refractivity contribution in [3.05, 3.63) is 60.4 Å². The summed E-state index contributed by atoms with van der Waals surface area (Å²) in [4.78, 5) is 24.8. The number of nitrogens with one attached hydrogen (secondary N) is 3. The van der Waals surface area contributed by atoms with E-state index in [1.807, 2.05) is 48.7 Å². The fraction of sp³-hybridized carbons (Fsp3) is 0.190. The Kier molecular flexibility index (Phi) is 5.92. The van der Waals surface area contributed by atoms with Crippen LogP contribution in [-0.4, -0.2) is 40.7 Å². The van der Waals surface area contributed by atoms with Gasteiger partial charge in [-0.1, -0.05) is 18.2 Å². The lowest BCUT2D eigenvalue weighted by molar-refractivity contribution is 0.154. The minimum absolute atomic E-state index is 0.126. The van der Waals surface area contributed by atoms with E-state index in [1.165, 1.54) is 11.3 Å². The van der Waals surface area contributed by atoms with Gasteiger partial charge in [0.2, 0.25) is 5.95 Å². The number of fused-ring (bicyclic) bond motifs is 1. The number of thiophene rings is 1. The second-order valence-corrected chi connectivity index (χ2v) is 7.81. The Morgan fingerprint density at radius 3 is 3.00 bits per heavy atom. The third-order valence-electron chi connectivity index (χ3n) is 4.55. The highest BCUT2D eigenvalue weighted by Gasteiger charge is 2.13. The maximum atomic E-state index is 12.2. The number of anilines is 2. The summed E-state index contributed by atoms with van der Waals surface area (Å²) >= 11 is 1.41. The summed E-state index contributed by atoms with van der Waals surface area (Å²) in [5, 5.41) is 7.45. The summed E-state index contributed by atoms with van der Waals surface area (Å²) in [5.41, 5.74) is 9.12. The fourth-order valence-corrected chi connectivity index (χ4v) is 3.98. The van der Waals surface area contributed by atoms with E-state index < -0.39 is 6.09 Å². The lowest BCUT2D eigenvalue weighted by Crippen LogP contribution is -2.31. The number of benzene rings is 1. The van der Waals surface area contributed by atoms with Crippen LogP contribution < -0.4 is 16.4 Å². The number of rotatable bonds is 7. The van der Waals surface area contributed by atoms with Crippen molar-refractivity contribution in [1.29, 1.82) is 0 Å². The van der Waals surface area contributed by atoms with Crippen LogP contribution in [0.25, 0.3) is 21.5 Å². The van der Waals surface area contributed by atoms with Crippen LogP contribution in [0.2, 0.25) is 0 Å². The molecule has 5 N–H and O–H groups in total. The maximum Gasteiger partial charge on any atom is 0.412 e.